The highest BCUT2D eigenvalue weighted by atomic mass is 16.5. The van der Waals surface area contributed by atoms with Crippen molar-refractivity contribution in [1.82, 2.24) is 0 Å². The zero-order valence-corrected chi connectivity index (χ0v) is 23.2. The zero-order valence-electron chi connectivity index (χ0n) is 23.2. The van der Waals surface area contributed by atoms with E-state index in [0.29, 0.717) is 22.3 Å². The van der Waals surface area contributed by atoms with E-state index in [-0.39, 0.29) is 23.0 Å². The molecule has 0 spiro atoms. The van der Waals surface area contributed by atoms with Crippen LogP contribution in [0.1, 0.15) is 13.8 Å². The van der Waals surface area contributed by atoms with Crippen LogP contribution in [0, 0.1) is 0 Å². The standard InChI is InChI=1S/C20H14O2.C12H10O2.C4H10O/c21-17-11-9-13-5-1-3-7-15(13)19(17)20-16-8-4-2-6-14(16)10-12-18(20)22;13-11-7-3-1-5-9(11)10-6-2-4-8-12(10)14;1-3-5-4-2/h1-12,21-22H;1-8,13-14H;3-4H2,1-2H3. The molecule has 208 valence electrons. The number of fused-ring (bicyclic) bond motifs is 2. The molecular weight excluding hydrogens is 512 g/mol. The summed E-state index contributed by atoms with van der Waals surface area (Å²) in [4.78, 5) is 0. The Morgan fingerprint density at radius 1 is 0.415 bits per heavy atom. The number of para-hydroxylation sites is 2. The molecule has 0 radical (unpaired) electrons. The molecule has 5 nitrogen and oxygen atoms in total. The topological polar surface area (TPSA) is 90.2 Å². The third kappa shape index (κ3) is 6.78. The van der Waals surface area contributed by atoms with E-state index in [9.17, 15) is 20.4 Å². The van der Waals surface area contributed by atoms with E-state index in [1.807, 2.05) is 86.6 Å². The van der Waals surface area contributed by atoms with Crippen molar-refractivity contribution in [1.29, 1.82) is 0 Å². The minimum absolute atomic E-state index is 0.172. The Labute approximate surface area is 240 Å². The average Bonchev–Trinajstić information content (AvgIpc) is 2.99. The van der Waals surface area contributed by atoms with Crippen LogP contribution in [0.5, 0.6) is 23.0 Å². The third-order valence-corrected chi connectivity index (χ3v) is 6.57. The molecule has 5 heteroatoms. The summed E-state index contributed by atoms with van der Waals surface area (Å²) in [5, 5.41) is 43.9. The Morgan fingerprint density at radius 3 is 1.15 bits per heavy atom. The van der Waals surface area contributed by atoms with Gasteiger partial charge in [0.25, 0.3) is 0 Å². The van der Waals surface area contributed by atoms with Crippen molar-refractivity contribution in [3.63, 3.8) is 0 Å². The lowest BCUT2D eigenvalue weighted by atomic mass is 9.92. The molecule has 0 aliphatic carbocycles. The van der Waals surface area contributed by atoms with Crippen LogP contribution in [0.2, 0.25) is 0 Å². The summed E-state index contributed by atoms with van der Waals surface area (Å²) in [7, 11) is 0. The number of rotatable bonds is 4. The number of benzene rings is 6. The average molecular weight is 547 g/mol. The fourth-order valence-corrected chi connectivity index (χ4v) is 4.65. The highest BCUT2D eigenvalue weighted by Gasteiger charge is 2.16. The molecule has 6 aromatic rings. The van der Waals surface area contributed by atoms with Gasteiger partial charge in [-0.2, -0.15) is 0 Å². The van der Waals surface area contributed by atoms with Crippen molar-refractivity contribution in [2.75, 3.05) is 13.2 Å². The molecule has 0 bridgehead atoms. The molecule has 6 aromatic carbocycles. The fraction of sp³-hybridized carbons (Fsp3) is 0.111. The molecule has 41 heavy (non-hydrogen) atoms. The molecule has 0 aromatic heterocycles. The smallest absolute Gasteiger partial charge is 0.124 e. The predicted molar refractivity (Wildman–Crippen MR) is 168 cm³/mol. The molecule has 0 unspecified atom stereocenters. The van der Waals surface area contributed by atoms with Crippen LogP contribution >= 0.6 is 0 Å². The first kappa shape index (κ1) is 29.0. The van der Waals surface area contributed by atoms with Crippen molar-refractivity contribution in [3.05, 3.63) is 121 Å². The third-order valence-electron chi connectivity index (χ3n) is 6.57. The summed E-state index contributed by atoms with van der Waals surface area (Å²) in [5.74, 6) is 0.693. The van der Waals surface area contributed by atoms with Gasteiger partial charge in [0.1, 0.15) is 23.0 Å². The number of phenols is 4. The van der Waals surface area contributed by atoms with Gasteiger partial charge in [-0.05, 0) is 59.7 Å². The Morgan fingerprint density at radius 2 is 0.780 bits per heavy atom. The van der Waals surface area contributed by atoms with Crippen molar-refractivity contribution in [2.24, 2.45) is 0 Å². The van der Waals surface area contributed by atoms with Crippen LogP contribution in [0.4, 0.5) is 0 Å². The molecule has 0 saturated carbocycles. The van der Waals surface area contributed by atoms with Gasteiger partial charge in [0.2, 0.25) is 0 Å². The van der Waals surface area contributed by atoms with Crippen LogP contribution in [0.15, 0.2) is 121 Å². The number of phenolic OH excluding ortho intramolecular Hbond substituents is 4. The van der Waals surface area contributed by atoms with E-state index in [2.05, 4.69) is 0 Å². The maximum atomic E-state index is 10.4. The summed E-state index contributed by atoms with van der Waals surface area (Å²) in [5.41, 5.74) is 2.64. The van der Waals surface area contributed by atoms with E-state index >= 15 is 0 Å². The number of ether oxygens (including phenoxy) is 1. The number of aromatic hydroxyl groups is 4. The predicted octanol–water partition coefficient (Wildman–Crippen LogP) is 8.88. The molecule has 0 heterocycles. The Hall–Kier alpha value is -5.00. The maximum Gasteiger partial charge on any atom is 0.124 e. The van der Waals surface area contributed by atoms with E-state index in [1.54, 1.807) is 48.5 Å². The minimum Gasteiger partial charge on any atom is -0.507 e. The fourth-order valence-electron chi connectivity index (χ4n) is 4.65. The van der Waals surface area contributed by atoms with Gasteiger partial charge in [-0.25, -0.2) is 0 Å². The number of hydrogen-bond acceptors (Lipinski definition) is 5. The largest absolute Gasteiger partial charge is 0.507 e. The van der Waals surface area contributed by atoms with Crippen molar-refractivity contribution in [3.8, 4) is 45.3 Å². The van der Waals surface area contributed by atoms with Gasteiger partial charge in [-0.1, -0.05) is 97.1 Å². The number of hydrogen-bond donors (Lipinski definition) is 4. The van der Waals surface area contributed by atoms with Crippen molar-refractivity contribution in [2.45, 2.75) is 13.8 Å². The van der Waals surface area contributed by atoms with Gasteiger partial charge in [-0.3, -0.25) is 0 Å². The summed E-state index contributed by atoms with van der Waals surface area (Å²) in [6.45, 7) is 5.67. The summed E-state index contributed by atoms with van der Waals surface area (Å²) in [6.07, 6.45) is 0. The highest BCUT2D eigenvalue weighted by molar-refractivity contribution is 6.09. The Bertz CT molecular complexity index is 1610. The van der Waals surface area contributed by atoms with Gasteiger partial charge in [0.05, 0.1) is 0 Å². The quantitative estimate of drug-likeness (QED) is 0.177. The normalized spacial score (nSPS) is 10.4. The monoisotopic (exact) mass is 546 g/mol. The van der Waals surface area contributed by atoms with Gasteiger partial charge in [0, 0.05) is 35.5 Å². The van der Waals surface area contributed by atoms with Crippen LogP contribution < -0.4 is 0 Å². The highest BCUT2D eigenvalue weighted by Crippen LogP contribution is 2.44. The van der Waals surface area contributed by atoms with Crippen LogP contribution in [-0.4, -0.2) is 33.6 Å². The van der Waals surface area contributed by atoms with Gasteiger partial charge < -0.3 is 25.2 Å². The Balaban J connectivity index is 0.000000174. The second-order valence-electron chi connectivity index (χ2n) is 9.18. The van der Waals surface area contributed by atoms with Gasteiger partial charge in [-0.15, -0.1) is 0 Å². The first-order chi connectivity index (χ1) is 20.0. The van der Waals surface area contributed by atoms with Gasteiger partial charge >= 0.3 is 0 Å². The molecule has 0 amide bonds. The van der Waals surface area contributed by atoms with Gasteiger partial charge in [0.15, 0.2) is 0 Å². The minimum atomic E-state index is 0.172. The van der Waals surface area contributed by atoms with Crippen molar-refractivity contribution >= 4 is 21.5 Å². The molecule has 0 atom stereocenters. The van der Waals surface area contributed by atoms with E-state index in [4.69, 9.17) is 4.74 Å². The van der Waals surface area contributed by atoms with Crippen LogP contribution in [0.25, 0.3) is 43.8 Å². The second kappa shape index (κ2) is 13.9. The maximum absolute atomic E-state index is 10.4. The lowest BCUT2D eigenvalue weighted by Crippen LogP contribution is -1.86. The lowest BCUT2D eigenvalue weighted by molar-refractivity contribution is 0.162. The summed E-state index contributed by atoms with van der Waals surface area (Å²) >= 11 is 0. The van der Waals surface area contributed by atoms with E-state index in [0.717, 1.165) is 34.8 Å². The second-order valence-corrected chi connectivity index (χ2v) is 9.18. The molecule has 6 rings (SSSR count). The zero-order chi connectivity index (χ0) is 29.2. The molecular formula is C36H34O5. The lowest BCUT2D eigenvalue weighted by Gasteiger charge is -2.14. The van der Waals surface area contributed by atoms with Crippen LogP contribution in [-0.2, 0) is 4.74 Å². The summed E-state index contributed by atoms with van der Waals surface area (Å²) in [6, 6.07) is 36.7. The van der Waals surface area contributed by atoms with Crippen molar-refractivity contribution < 1.29 is 25.2 Å². The Kier molecular flexibility index (Phi) is 9.81. The van der Waals surface area contributed by atoms with Crippen LogP contribution in [0.3, 0.4) is 0 Å². The van der Waals surface area contributed by atoms with E-state index in [1.165, 1.54) is 0 Å². The first-order valence-corrected chi connectivity index (χ1v) is 13.5. The SMILES string of the molecule is CCOCC.Oc1ccc2ccccc2c1-c1c(O)ccc2ccccc12.Oc1ccccc1-c1ccccc1O. The molecule has 0 saturated heterocycles. The molecule has 0 aliphatic heterocycles. The molecule has 4 N–H and O–H groups in total. The first-order valence-electron chi connectivity index (χ1n) is 13.5. The molecule has 0 aliphatic rings. The molecule has 0 fully saturated rings. The van der Waals surface area contributed by atoms with E-state index < -0.39 is 0 Å². The summed E-state index contributed by atoms with van der Waals surface area (Å²) < 4.78 is 4.83.